The number of para-hydroxylation sites is 2. The van der Waals surface area contributed by atoms with Crippen LogP contribution in [0, 0.1) is 0 Å². The zero-order valence-corrected chi connectivity index (χ0v) is 17.3. The molecule has 6 heteroatoms. The van der Waals surface area contributed by atoms with Gasteiger partial charge in [-0.3, -0.25) is 9.59 Å². The number of carbonyl (C=O) groups is 2. The highest BCUT2D eigenvalue weighted by Gasteiger charge is 2.35. The molecule has 0 aromatic heterocycles. The largest absolute Gasteiger partial charge is 0.378 e. The molecular formula is C25H22N4O2. The number of amides is 2. The average Bonchev–Trinajstić information content (AvgIpc) is 3.11. The number of rotatable bonds is 5. The molecule has 0 saturated heterocycles. The van der Waals surface area contributed by atoms with Crippen LogP contribution in [0.15, 0.2) is 95.6 Å². The maximum absolute atomic E-state index is 13.2. The summed E-state index contributed by atoms with van der Waals surface area (Å²) in [5.41, 5.74) is 3.41. The number of hydrazone groups is 1. The highest BCUT2D eigenvalue weighted by atomic mass is 16.2. The smallest absolute Gasteiger partial charge is 0.281 e. The van der Waals surface area contributed by atoms with E-state index in [0.717, 1.165) is 11.3 Å². The molecule has 0 spiro atoms. The van der Waals surface area contributed by atoms with Gasteiger partial charge >= 0.3 is 0 Å². The summed E-state index contributed by atoms with van der Waals surface area (Å²) in [7, 11) is 3.93. The molecule has 31 heavy (non-hydrogen) atoms. The second-order valence-electron chi connectivity index (χ2n) is 7.27. The lowest BCUT2D eigenvalue weighted by Gasteiger charge is -2.12. The minimum absolute atomic E-state index is 0.0781. The maximum atomic E-state index is 13.2. The number of hydrogen-bond donors (Lipinski definition) is 1. The summed E-state index contributed by atoms with van der Waals surface area (Å²) in [6.45, 7) is 0. The van der Waals surface area contributed by atoms with Gasteiger partial charge in [-0.1, -0.05) is 48.5 Å². The van der Waals surface area contributed by atoms with Crippen LogP contribution >= 0.6 is 0 Å². The van der Waals surface area contributed by atoms with Gasteiger partial charge in [0.1, 0.15) is 0 Å². The maximum Gasteiger partial charge on any atom is 0.281 e. The third kappa shape index (κ3) is 4.38. The fourth-order valence-electron chi connectivity index (χ4n) is 3.20. The number of carbonyl (C=O) groups excluding carboxylic acids is 2. The Labute approximate surface area is 181 Å². The second kappa shape index (κ2) is 8.67. The molecule has 0 atom stereocenters. The molecule has 154 valence electrons. The number of nitrogens with zero attached hydrogens (tertiary/aromatic N) is 3. The van der Waals surface area contributed by atoms with E-state index in [1.807, 2.05) is 79.7 Å². The van der Waals surface area contributed by atoms with Crippen molar-refractivity contribution in [1.29, 1.82) is 0 Å². The predicted octanol–water partition coefficient (Wildman–Crippen LogP) is 4.18. The number of anilines is 3. The Kier molecular flexibility index (Phi) is 5.62. The minimum Gasteiger partial charge on any atom is -0.378 e. The van der Waals surface area contributed by atoms with Crippen LogP contribution in [0.4, 0.5) is 17.1 Å². The lowest BCUT2D eigenvalue weighted by Crippen LogP contribution is -2.25. The highest BCUT2D eigenvalue weighted by molar-refractivity contribution is 6.58. The molecular weight excluding hydrogens is 388 g/mol. The van der Waals surface area contributed by atoms with E-state index in [1.54, 1.807) is 30.3 Å². The molecule has 0 bridgehead atoms. The first-order chi connectivity index (χ1) is 15.0. The molecule has 0 saturated carbocycles. The van der Waals surface area contributed by atoms with Gasteiger partial charge in [-0.2, -0.15) is 10.1 Å². The highest BCUT2D eigenvalue weighted by Crippen LogP contribution is 2.26. The molecule has 0 aliphatic carbocycles. The Bertz CT molecular complexity index is 1150. The molecule has 1 N–H and O–H groups in total. The van der Waals surface area contributed by atoms with Crippen LogP contribution in [0.1, 0.15) is 5.56 Å². The molecule has 1 aliphatic rings. The third-order valence-electron chi connectivity index (χ3n) is 4.85. The van der Waals surface area contributed by atoms with Crippen molar-refractivity contribution in [2.75, 3.05) is 29.3 Å². The quantitative estimate of drug-likeness (QED) is 0.642. The fourth-order valence-corrected chi connectivity index (χ4v) is 3.20. The normalized spacial score (nSPS) is 14.5. The van der Waals surface area contributed by atoms with Crippen LogP contribution < -0.4 is 15.2 Å². The first-order valence-electron chi connectivity index (χ1n) is 9.87. The lowest BCUT2D eigenvalue weighted by molar-refractivity contribution is -0.114. The molecule has 3 aromatic rings. The SMILES string of the molecule is CN(C)c1ccc(/C=C2\C(=O)N(c3ccccc3)N=C2C(=O)Nc2ccccc2)cc1. The number of benzene rings is 3. The van der Waals surface area contributed by atoms with E-state index in [4.69, 9.17) is 0 Å². The first-order valence-corrected chi connectivity index (χ1v) is 9.87. The van der Waals surface area contributed by atoms with Gasteiger partial charge in [0.15, 0.2) is 5.71 Å². The summed E-state index contributed by atoms with van der Waals surface area (Å²) in [5.74, 6) is -0.782. The van der Waals surface area contributed by atoms with Gasteiger partial charge < -0.3 is 10.2 Å². The van der Waals surface area contributed by atoms with E-state index in [9.17, 15) is 9.59 Å². The van der Waals surface area contributed by atoms with Gasteiger partial charge in [-0.25, -0.2) is 0 Å². The zero-order chi connectivity index (χ0) is 21.8. The van der Waals surface area contributed by atoms with Gasteiger partial charge in [-0.15, -0.1) is 0 Å². The molecule has 0 radical (unpaired) electrons. The average molecular weight is 410 g/mol. The van der Waals surface area contributed by atoms with Crippen molar-refractivity contribution in [3.63, 3.8) is 0 Å². The monoisotopic (exact) mass is 410 g/mol. The Morgan fingerprint density at radius 2 is 1.52 bits per heavy atom. The molecule has 2 amide bonds. The fraction of sp³-hybridized carbons (Fsp3) is 0.0800. The second-order valence-corrected chi connectivity index (χ2v) is 7.27. The van der Waals surface area contributed by atoms with Crippen LogP contribution in [0.2, 0.25) is 0 Å². The molecule has 1 heterocycles. The Balaban J connectivity index is 1.71. The van der Waals surface area contributed by atoms with Crippen LogP contribution in [-0.2, 0) is 9.59 Å². The Hall–Kier alpha value is -4.19. The van der Waals surface area contributed by atoms with E-state index < -0.39 is 5.91 Å². The van der Waals surface area contributed by atoms with Gasteiger partial charge in [0.2, 0.25) is 0 Å². The third-order valence-corrected chi connectivity index (χ3v) is 4.85. The van der Waals surface area contributed by atoms with Crippen molar-refractivity contribution >= 4 is 40.7 Å². The first kappa shape index (κ1) is 20.1. The zero-order valence-electron chi connectivity index (χ0n) is 17.3. The van der Waals surface area contributed by atoms with Crippen molar-refractivity contribution in [3.05, 3.63) is 96.1 Å². The van der Waals surface area contributed by atoms with Crippen molar-refractivity contribution in [3.8, 4) is 0 Å². The lowest BCUT2D eigenvalue weighted by atomic mass is 10.0. The minimum atomic E-state index is -0.436. The summed E-state index contributed by atoms with van der Waals surface area (Å²) < 4.78 is 0. The standard InChI is InChI=1S/C25H22N4O2/c1-28(2)20-15-13-18(14-16-20)17-22-23(24(30)26-19-9-5-3-6-10-19)27-29(25(22)31)21-11-7-4-8-12-21/h3-17H,1-2H3,(H,26,30)/b22-17-. The summed E-state index contributed by atoms with van der Waals surface area (Å²) in [4.78, 5) is 28.2. The predicted molar refractivity (Wildman–Crippen MR) is 125 cm³/mol. The Morgan fingerprint density at radius 3 is 2.13 bits per heavy atom. The summed E-state index contributed by atoms with van der Waals surface area (Å²) in [5, 5.41) is 8.45. The van der Waals surface area contributed by atoms with Crippen molar-refractivity contribution in [1.82, 2.24) is 0 Å². The number of hydrogen-bond acceptors (Lipinski definition) is 4. The van der Waals surface area contributed by atoms with E-state index in [-0.39, 0.29) is 17.2 Å². The van der Waals surface area contributed by atoms with Gasteiger partial charge in [0.25, 0.3) is 11.8 Å². The molecule has 0 fully saturated rings. The van der Waals surface area contributed by atoms with Crippen molar-refractivity contribution in [2.45, 2.75) is 0 Å². The van der Waals surface area contributed by atoms with Crippen LogP contribution in [0.3, 0.4) is 0 Å². The van der Waals surface area contributed by atoms with Gasteiger partial charge in [0, 0.05) is 25.5 Å². The van der Waals surface area contributed by atoms with E-state index in [0.29, 0.717) is 11.4 Å². The molecule has 6 nitrogen and oxygen atoms in total. The Morgan fingerprint density at radius 1 is 0.903 bits per heavy atom. The summed E-state index contributed by atoms with van der Waals surface area (Å²) in [6, 6.07) is 25.9. The molecule has 1 aliphatic heterocycles. The van der Waals surface area contributed by atoms with Crippen molar-refractivity contribution in [2.24, 2.45) is 5.10 Å². The summed E-state index contributed by atoms with van der Waals surface area (Å²) in [6.07, 6.45) is 1.70. The van der Waals surface area contributed by atoms with Crippen LogP contribution in [0.25, 0.3) is 6.08 Å². The summed E-state index contributed by atoms with van der Waals surface area (Å²) >= 11 is 0. The van der Waals surface area contributed by atoms with E-state index >= 15 is 0 Å². The van der Waals surface area contributed by atoms with Crippen molar-refractivity contribution < 1.29 is 9.59 Å². The topological polar surface area (TPSA) is 65.0 Å². The number of nitrogens with one attached hydrogen (secondary N) is 1. The van der Waals surface area contributed by atoms with Crippen LogP contribution in [0.5, 0.6) is 0 Å². The molecule has 4 rings (SSSR count). The van der Waals surface area contributed by atoms with Crippen LogP contribution in [-0.4, -0.2) is 31.6 Å². The van der Waals surface area contributed by atoms with E-state index in [1.165, 1.54) is 5.01 Å². The van der Waals surface area contributed by atoms with Gasteiger partial charge in [0.05, 0.1) is 11.3 Å². The molecule has 3 aromatic carbocycles. The van der Waals surface area contributed by atoms with E-state index in [2.05, 4.69) is 10.4 Å². The van der Waals surface area contributed by atoms with Gasteiger partial charge in [-0.05, 0) is 48.0 Å². The molecule has 0 unspecified atom stereocenters.